The van der Waals surface area contributed by atoms with Gasteiger partial charge in [-0.1, -0.05) is 0 Å². The molecule has 0 aromatic carbocycles. The molecule has 0 amide bonds. The van der Waals surface area contributed by atoms with E-state index in [1.165, 1.54) is 11.8 Å². The van der Waals surface area contributed by atoms with Crippen LogP contribution in [0.15, 0.2) is 22.6 Å². The van der Waals surface area contributed by atoms with Crippen LogP contribution < -0.4 is 0 Å². The van der Waals surface area contributed by atoms with E-state index in [-0.39, 0.29) is 0 Å². The third-order valence-corrected chi connectivity index (χ3v) is 3.48. The summed E-state index contributed by atoms with van der Waals surface area (Å²) >= 11 is 1.45. The van der Waals surface area contributed by atoms with Crippen molar-refractivity contribution >= 4 is 11.8 Å². The highest BCUT2D eigenvalue weighted by molar-refractivity contribution is 7.99. The summed E-state index contributed by atoms with van der Waals surface area (Å²) in [6, 6.07) is 2.18. The lowest BCUT2D eigenvalue weighted by atomic mass is 10.3. The number of aromatic nitrogens is 4. The molecule has 5 nitrogen and oxygen atoms in total. The number of rotatable bonds is 2. The minimum absolute atomic E-state index is 0.621. The predicted molar refractivity (Wildman–Crippen MR) is 60.0 cm³/mol. The molecule has 2 aromatic rings. The second kappa shape index (κ2) is 4.02. The molecule has 16 heavy (non-hydrogen) atoms. The van der Waals surface area contributed by atoms with Crippen LogP contribution in [0.4, 0.5) is 0 Å². The van der Waals surface area contributed by atoms with Crippen molar-refractivity contribution in [2.24, 2.45) is 14.1 Å². The molecule has 0 spiro atoms. The van der Waals surface area contributed by atoms with E-state index >= 15 is 0 Å². The average molecular weight is 233 g/mol. The molecule has 0 N–H and O–H groups in total. The van der Waals surface area contributed by atoms with Crippen molar-refractivity contribution in [1.82, 2.24) is 19.3 Å². The summed E-state index contributed by atoms with van der Waals surface area (Å²) in [4.78, 5) is 4.21. The molecule has 0 radical (unpaired) electrons. The highest BCUT2D eigenvalue weighted by Crippen LogP contribution is 2.29. The highest BCUT2D eigenvalue weighted by Gasteiger charge is 2.15. The molecule has 0 fully saturated rings. The zero-order valence-corrected chi connectivity index (χ0v) is 10.1. The first kappa shape index (κ1) is 10.8. The minimum atomic E-state index is 0.621. The van der Waals surface area contributed by atoms with Crippen LogP contribution in [-0.2, 0) is 14.1 Å². The lowest BCUT2D eigenvalue weighted by molar-refractivity contribution is 0.688. The number of imidazole rings is 1. The molecule has 0 aliphatic rings. The third kappa shape index (κ3) is 1.70. The van der Waals surface area contributed by atoms with E-state index < -0.39 is 0 Å². The van der Waals surface area contributed by atoms with Crippen LogP contribution in [0.3, 0.4) is 0 Å². The van der Waals surface area contributed by atoms with Gasteiger partial charge < -0.3 is 4.57 Å². The Kier molecular flexibility index (Phi) is 2.71. The van der Waals surface area contributed by atoms with E-state index in [1.807, 2.05) is 31.8 Å². The zero-order valence-electron chi connectivity index (χ0n) is 9.30. The maximum atomic E-state index is 9.07. The standard InChI is InChI=1S/C10H11N5S/c1-7-8(6-11)9(15(3)13-7)16-10-12-4-5-14(10)2/h4-5H,1-3H3. The van der Waals surface area contributed by atoms with Gasteiger partial charge >= 0.3 is 0 Å². The van der Waals surface area contributed by atoms with Gasteiger partial charge in [0, 0.05) is 26.5 Å². The fourth-order valence-corrected chi connectivity index (χ4v) is 2.38. The molecular formula is C10H11N5S. The van der Waals surface area contributed by atoms with Gasteiger partial charge in [0.25, 0.3) is 0 Å². The van der Waals surface area contributed by atoms with Crippen molar-refractivity contribution in [3.05, 3.63) is 23.7 Å². The topological polar surface area (TPSA) is 59.4 Å². The number of hydrogen-bond donors (Lipinski definition) is 0. The van der Waals surface area contributed by atoms with Gasteiger partial charge in [-0.2, -0.15) is 10.4 Å². The summed E-state index contributed by atoms with van der Waals surface area (Å²) in [5.41, 5.74) is 1.37. The summed E-state index contributed by atoms with van der Waals surface area (Å²) < 4.78 is 3.63. The van der Waals surface area contributed by atoms with E-state index in [2.05, 4.69) is 16.2 Å². The van der Waals surface area contributed by atoms with Gasteiger partial charge in [-0.3, -0.25) is 4.68 Å². The summed E-state index contributed by atoms with van der Waals surface area (Å²) in [7, 11) is 3.75. The van der Waals surface area contributed by atoms with Crippen LogP contribution in [-0.4, -0.2) is 19.3 Å². The lowest BCUT2D eigenvalue weighted by Crippen LogP contribution is -1.95. The van der Waals surface area contributed by atoms with Crippen molar-refractivity contribution in [3.63, 3.8) is 0 Å². The SMILES string of the molecule is Cc1nn(C)c(Sc2nccn2C)c1C#N. The Morgan fingerprint density at radius 1 is 1.44 bits per heavy atom. The van der Waals surface area contributed by atoms with Gasteiger partial charge in [0.2, 0.25) is 0 Å². The Labute approximate surface area is 97.7 Å². The molecule has 0 unspecified atom stereocenters. The molecule has 0 saturated carbocycles. The number of nitrogens with zero attached hydrogens (tertiary/aromatic N) is 5. The monoisotopic (exact) mass is 233 g/mol. The van der Waals surface area contributed by atoms with Crippen LogP contribution in [0.2, 0.25) is 0 Å². The molecule has 0 saturated heterocycles. The molecule has 0 aliphatic heterocycles. The molecule has 82 valence electrons. The van der Waals surface area contributed by atoms with E-state index in [9.17, 15) is 0 Å². The van der Waals surface area contributed by atoms with Gasteiger partial charge in [0.05, 0.1) is 5.69 Å². The quantitative estimate of drug-likeness (QED) is 0.788. The first-order valence-corrected chi connectivity index (χ1v) is 5.54. The van der Waals surface area contributed by atoms with Gasteiger partial charge in [-0.05, 0) is 18.7 Å². The summed E-state index contributed by atoms with van der Waals surface area (Å²) in [5.74, 6) is 0. The smallest absolute Gasteiger partial charge is 0.174 e. The fourth-order valence-electron chi connectivity index (χ4n) is 1.42. The summed E-state index contributed by atoms with van der Waals surface area (Å²) in [6.07, 6.45) is 3.61. The lowest BCUT2D eigenvalue weighted by Gasteiger charge is -2.01. The Bertz CT molecular complexity index is 560. The van der Waals surface area contributed by atoms with Crippen molar-refractivity contribution in [3.8, 4) is 6.07 Å². The van der Waals surface area contributed by atoms with Gasteiger partial charge in [0.15, 0.2) is 5.16 Å². The highest BCUT2D eigenvalue weighted by atomic mass is 32.2. The number of aryl methyl sites for hydroxylation is 3. The predicted octanol–water partition coefficient (Wildman–Crippen LogP) is 1.48. The van der Waals surface area contributed by atoms with Gasteiger partial charge in [0.1, 0.15) is 16.7 Å². The van der Waals surface area contributed by atoms with E-state index in [4.69, 9.17) is 5.26 Å². The van der Waals surface area contributed by atoms with Crippen molar-refractivity contribution in [1.29, 1.82) is 5.26 Å². The van der Waals surface area contributed by atoms with Crippen molar-refractivity contribution in [2.75, 3.05) is 0 Å². The fraction of sp³-hybridized carbons (Fsp3) is 0.300. The molecule has 2 heterocycles. The van der Waals surface area contributed by atoms with Gasteiger partial charge in [-0.25, -0.2) is 4.98 Å². The molecule has 0 bridgehead atoms. The van der Waals surface area contributed by atoms with Crippen LogP contribution in [0.5, 0.6) is 0 Å². The zero-order chi connectivity index (χ0) is 11.7. The molecule has 0 atom stereocenters. The molecule has 2 rings (SSSR count). The minimum Gasteiger partial charge on any atom is -0.329 e. The first-order valence-electron chi connectivity index (χ1n) is 4.72. The van der Waals surface area contributed by atoms with E-state index in [0.29, 0.717) is 5.56 Å². The van der Waals surface area contributed by atoms with E-state index in [0.717, 1.165) is 15.9 Å². The number of nitriles is 1. The van der Waals surface area contributed by atoms with E-state index in [1.54, 1.807) is 10.9 Å². The van der Waals surface area contributed by atoms with Crippen LogP contribution in [0.25, 0.3) is 0 Å². The van der Waals surface area contributed by atoms with Crippen LogP contribution >= 0.6 is 11.8 Å². The Morgan fingerprint density at radius 2 is 2.19 bits per heavy atom. The first-order chi connectivity index (χ1) is 7.63. The Hall–Kier alpha value is -1.74. The summed E-state index contributed by atoms with van der Waals surface area (Å²) in [6.45, 7) is 1.83. The normalized spacial score (nSPS) is 10.4. The van der Waals surface area contributed by atoms with Crippen LogP contribution in [0.1, 0.15) is 11.3 Å². The van der Waals surface area contributed by atoms with Gasteiger partial charge in [-0.15, -0.1) is 0 Å². The van der Waals surface area contributed by atoms with Crippen molar-refractivity contribution in [2.45, 2.75) is 17.1 Å². The maximum Gasteiger partial charge on any atom is 0.174 e. The Morgan fingerprint density at radius 3 is 2.75 bits per heavy atom. The molecule has 6 heteroatoms. The molecular weight excluding hydrogens is 222 g/mol. The number of hydrogen-bond acceptors (Lipinski definition) is 4. The molecule has 2 aromatic heterocycles. The maximum absolute atomic E-state index is 9.07. The van der Waals surface area contributed by atoms with Crippen LogP contribution in [0, 0.1) is 18.3 Å². The third-order valence-electron chi connectivity index (χ3n) is 2.25. The molecule has 0 aliphatic carbocycles. The average Bonchev–Trinajstić information content (AvgIpc) is 2.74. The Balaban J connectivity index is 2.43. The van der Waals surface area contributed by atoms with Crippen molar-refractivity contribution < 1.29 is 0 Å². The second-order valence-electron chi connectivity index (χ2n) is 3.42. The largest absolute Gasteiger partial charge is 0.329 e. The second-order valence-corrected chi connectivity index (χ2v) is 4.38. The summed E-state index contributed by atoms with van der Waals surface area (Å²) in [5, 5.41) is 15.0.